The van der Waals surface area contributed by atoms with Crippen LogP contribution in [0.4, 0.5) is 5.69 Å². The van der Waals surface area contributed by atoms with E-state index < -0.39 is 0 Å². The number of hydrogen-bond donors (Lipinski definition) is 1. The third-order valence-corrected chi connectivity index (χ3v) is 5.03. The zero-order valence-corrected chi connectivity index (χ0v) is 13.0. The number of hydrogen-bond acceptors (Lipinski definition) is 6. The number of phenols is 1. The lowest BCUT2D eigenvalue weighted by molar-refractivity contribution is -0.117. The van der Waals surface area contributed by atoms with E-state index in [1.807, 2.05) is 0 Å². The fraction of sp³-hybridized carbons (Fsp3) is 0.429. The van der Waals surface area contributed by atoms with Crippen molar-refractivity contribution in [1.82, 2.24) is 4.90 Å². The number of aromatic hydroxyl groups is 1. The summed E-state index contributed by atoms with van der Waals surface area (Å²) in [6.45, 7) is 3.81. The summed E-state index contributed by atoms with van der Waals surface area (Å²) in [5.41, 5.74) is 0.627. The predicted octanol–water partition coefficient (Wildman–Crippen LogP) is 1.46. The Morgan fingerprint density at radius 1 is 1.38 bits per heavy atom. The maximum absolute atomic E-state index is 12.6. The van der Waals surface area contributed by atoms with Crippen LogP contribution in [0.2, 0.25) is 0 Å². The SMILES string of the molecule is O=C1C(CN2CCOCC2)SC(=S)N1c1cccc(O)c1. The van der Waals surface area contributed by atoms with E-state index >= 15 is 0 Å². The van der Waals surface area contributed by atoms with E-state index in [-0.39, 0.29) is 16.9 Å². The van der Waals surface area contributed by atoms with Crippen molar-refractivity contribution in [2.24, 2.45) is 0 Å². The molecule has 7 heteroatoms. The Bertz CT molecular complexity index is 561. The molecular weight excluding hydrogens is 308 g/mol. The lowest BCUT2D eigenvalue weighted by atomic mass is 10.2. The molecule has 1 atom stereocenters. The van der Waals surface area contributed by atoms with Gasteiger partial charge in [0.2, 0.25) is 5.91 Å². The minimum atomic E-state index is -0.182. The van der Waals surface area contributed by atoms with E-state index in [9.17, 15) is 9.90 Å². The Balaban J connectivity index is 1.72. The van der Waals surface area contributed by atoms with Gasteiger partial charge in [0.05, 0.1) is 18.9 Å². The molecule has 1 N–H and O–H groups in total. The zero-order valence-electron chi connectivity index (χ0n) is 11.4. The molecule has 21 heavy (non-hydrogen) atoms. The Kier molecular flexibility index (Phi) is 4.44. The second-order valence-corrected chi connectivity index (χ2v) is 6.82. The molecule has 0 radical (unpaired) electrons. The summed E-state index contributed by atoms with van der Waals surface area (Å²) in [6, 6.07) is 6.62. The molecule has 2 aliphatic rings. The van der Waals surface area contributed by atoms with Crippen molar-refractivity contribution < 1.29 is 14.6 Å². The second-order valence-electron chi connectivity index (χ2n) is 4.98. The molecule has 0 saturated carbocycles. The molecule has 0 spiro atoms. The molecule has 2 fully saturated rings. The van der Waals surface area contributed by atoms with Crippen LogP contribution in [0.5, 0.6) is 5.75 Å². The normalized spacial score (nSPS) is 23.8. The van der Waals surface area contributed by atoms with Gasteiger partial charge in [-0.25, -0.2) is 0 Å². The number of thiocarbonyl (C=S) groups is 1. The molecule has 2 heterocycles. The summed E-state index contributed by atoms with van der Waals surface area (Å²) < 4.78 is 5.86. The minimum absolute atomic E-state index is 0.0120. The van der Waals surface area contributed by atoms with E-state index in [4.69, 9.17) is 17.0 Å². The molecule has 0 aliphatic carbocycles. The largest absolute Gasteiger partial charge is 0.508 e. The molecule has 2 aliphatic heterocycles. The molecule has 3 rings (SSSR count). The summed E-state index contributed by atoms with van der Waals surface area (Å²) in [6.07, 6.45) is 0. The van der Waals surface area contributed by atoms with E-state index in [1.165, 1.54) is 16.7 Å². The van der Waals surface area contributed by atoms with Gasteiger partial charge >= 0.3 is 0 Å². The summed E-state index contributed by atoms with van der Waals surface area (Å²) in [5.74, 6) is 0.117. The van der Waals surface area contributed by atoms with Gasteiger partial charge in [0, 0.05) is 25.7 Å². The van der Waals surface area contributed by atoms with Crippen molar-refractivity contribution in [3.05, 3.63) is 24.3 Å². The number of benzene rings is 1. The standard InChI is InChI=1S/C14H16N2O3S2/c17-11-3-1-2-10(8-11)16-13(18)12(21-14(16)20)9-15-4-6-19-7-5-15/h1-3,8,12,17H,4-7,9H2. The maximum Gasteiger partial charge on any atom is 0.247 e. The fourth-order valence-corrected chi connectivity index (χ4v) is 4.04. The highest BCUT2D eigenvalue weighted by Gasteiger charge is 2.39. The Hall–Kier alpha value is -1.15. The van der Waals surface area contributed by atoms with Crippen molar-refractivity contribution in [1.29, 1.82) is 0 Å². The molecule has 1 amide bonds. The first-order valence-electron chi connectivity index (χ1n) is 6.79. The van der Waals surface area contributed by atoms with E-state index in [0.29, 0.717) is 29.8 Å². The summed E-state index contributed by atoms with van der Waals surface area (Å²) in [5, 5.41) is 9.38. The number of amides is 1. The number of carbonyl (C=O) groups excluding carboxylic acids is 1. The van der Waals surface area contributed by atoms with E-state index in [2.05, 4.69) is 4.90 Å². The predicted molar refractivity (Wildman–Crippen MR) is 86.8 cm³/mol. The summed E-state index contributed by atoms with van der Waals surface area (Å²) >= 11 is 6.75. The van der Waals surface area contributed by atoms with Gasteiger partial charge in [-0.1, -0.05) is 30.0 Å². The van der Waals surface area contributed by atoms with Gasteiger partial charge < -0.3 is 9.84 Å². The van der Waals surface area contributed by atoms with Crippen LogP contribution in [0.25, 0.3) is 0 Å². The molecule has 5 nitrogen and oxygen atoms in total. The van der Waals surface area contributed by atoms with Crippen LogP contribution < -0.4 is 4.90 Å². The molecule has 1 aromatic rings. The van der Waals surface area contributed by atoms with Gasteiger partial charge in [0.1, 0.15) is 15.3 Å². The van der Waals surface area contributed by atoms with Crippen LogP contribution in [0.15, 0.2) is 24.3 Å². The lowest BCUT2D eigenvalue weighted by Crippen LogP contribution is -2.43. The second kappa shape index (κ2) is 6.31. The van der Waals surface area contributed by atoms with Gasteiger partial charge in [0.15, 0.2) is 0 Å². The summed E-state index contributed by atoms with van der Waals surface area (Å²) in [7, 11) is 0. The van der Waals surface area contributed by atoms with Crippen LogP contribution in [-0.4, -0.2) is 58.3 Å². The van der Waals surface area contributed by atoms with Crippen LogP contribution in [-0.2, 0) is 9.53 Å². The van der Waals surface area contributed by atoms with Crippen molar-refractivity contribution in [3.8, 4) is 5.75 Å². The average molecular weight is 324 g/mol. The fourth-order valence-electron chi connectivity index (χ4n) is 2.46. The third-order valence-electron chi connectivity index (χ3n) is 3.54. The first-order chi connectivity index (χ1) is 10.1. The van der Waals surface area contributed by atoms with Crippen LogP contribution in [0.3, 0.4) is 0 Å². The maximum atomic E-state index is 12.6. The van der Waals surface area contributed by atoms with Gasteiger partial charge in [-0.15, -0.1) is 0 Å². The lowest BCUT2D eigenvalue weighted by Gasteiger charge is -2.27. The van der Waals surface area contributed by atoms with Crippen molar-refractivity contribution >= 4 is 39.9 Å². The molecule has 0 aromatic heterocycles. The minimum Gasteiger partial charge on any atom is -0.508 e. The highest BCUT2D eigenvalue weighted by atomic mass is 32.2. The first-order valence-corrected chi connectivity index (χ1v) is 8.07. The number of rotatable bonds is 3. The third kappa shape index (κ3) is 3.21. The van der Waals surface area contributed by atoms with Crippen LogP contribution in [0.1, 0.15) is 0 Å². The molecule has 0 bridgehead atoms. The van der Waals surface area contributed by atoms with Gasteiger partial charge in [0.25, 0.3) is 0 Å². The summed E-state index contributed by atoms with van der Waals surface area (Å²) in [4.78, 5) is 16.3. The molecule has 2 saturated heterocycles. The molecule has 1 aromatic carbocycles. The van der Waals surface area contributed by atoms with Gasteiger partial charge in [-0.05, 0) is 12.1 Å². The first kappa shape index (κ1) is 14.8. The van der Waals surface area contributed by atoms with Crippen LogP contribution >= 0.6 is 24.0 Å². The van der Waals surface area contributed by atoms with Crippen molar-refractivity contribution in [2.45, 2.75) is 5.25 Å². The van der Waals surface area contributed by atoms with E-state index in [1.54, 1.807) is 24.3 Å². The number of anilines is 1. The quantitative estimate of drug-likeness (QED) is 0.850. The molecular formula is C14H16N2O3S2. The Morgan fingerprint density at radius 3 is 2.86 bits per heavy atom. The molecule has 1 unspecified atom stereocenters. The molecule has 112 valence electrons. The zero-order chi connectivity index (χ0) is 14.8. The Morgan fingerprint density at radius 2 is 2.14 bits per heavy atom. The monoisotopic (exact) mass is 324 g/mol. The number of phenolic OH excluding ortho intramolecular Hbond substituents is 1. The number of ether oxygens (including phenoxy) is 1. The highest BCUT2D eigenvalue weighted by Crippen LogP contribution is 2.33. The number of thioether (sulfide) groups is 1. The number of nitrogens with zero attached hydrogens (tertiary/aromatic N) is 2. The van der Waals surface area contributed by atoms with Gasteiger partial charge in [-0.2, -0.15) is 0 Å². The topological polar surface area (TPSA) is 53.0 Å². The smallest absolute Gasteiger partial charge is 0.247 e. The number of carbonyl (C=O) groups is 1. The average Bonchev–Trinajstić information content (AvgIpc) is 2.74. The highest BCUT2D eigenvalue weighted by molar-refractivity contribution is 8.25. The van der Waals surface area contributed by atoms with Crippen molar-refractivity contribution in [2.75, 3.05) is 37.7 Å². The Labute approximate surface area is 132 Å². The van der Waals surface area contributed by atoms with E-state index in [0.717, 1.165) is 13.1 Å². The van der Waals surface area contributed by atoms with Gasteiger partial charge in [-0.3, -0.25) is 14.6 Å². The number of morpholine rings is 1. The van der Waals surface area contributed by atoms with Crippen molar-refractivity contribution in [3.63, 3.8) is 0 Å². The van der Waals surface area contributed by atoms with Crippen LogP contribution in [0, 0.1) is 0 Å².